The Morgan fingerprint density at radius 2 is 2.00 bits per heavy atom. The molecule has 0 fully saturated rings. The number of aromatic nitrogens is 1. The monoisotopic (exact) mass is 262 g/mol. The van der Waals surface area contributed by atoms with Crippen molar-refractivity contribution in [2.24, 2.45) is 0 Å². The molecule has 0 aliphatic heterocycles. The van der Waals surface area contributed by atoms with E-state index in [9.17, 15) is 4.79 Å². The molecule has 0 N–H and O–H groups in total. The van der Waals surface area contributed by atoms with Crippen molar-refractivity contribution in [1.29, 1.82) is 0 Å². The molecule has 1 heterocycles. The standard InChI is InChI=1S/C15H22N2O2/c1-4-10-17(11-5-2)14-8-6-13(12-16-14)7-9-15(18)19-3/h6-9,12H,4-5,10-11H2,1-3H3/b9-7+. The van der Waals surface area contributed by atoms with Crippen molar-refractivity contribution in [3.05, 3.63) is 30.0 Å². The highest BCUT2D eigenvalue weighted by Gasteiger charge is 2.05. The van der Waals surface area contributed by atoms with Gasteiger partial charge in [0.1, 0.15) is 5.82 Å². The molecule has 1 aromatic heterocycles. The van der Waals surface area contributed by atoms with Crippen LogP contribution in [0.25, 0.3) is 6.08 Å². The molecule has 0 aliphatic rings. The zero-order chi connectivity index (χ0) is 14.1. The molecule has 19 heavy (non-hydrogen) atoms. The molecular formula is C15H22N2O2. The number of rotatable bonds is 7. The van der Waals surface area contributed by atoms with Crippen LogP contribution in [0.4, 0.5) is 5.82 Å². The SMILES string of the molecule is CCCN(CCC)c1ccc(/C=C/C(=O)OC)cn1. The second kappa shape index (κ2) is 8.29. The fourth-order valence-electron chi connectivity index (χ4n) is 1.80. The molecule has 4 heteroatoms. The van der Waals surface area contributed by atoms with Gasteiger partial charge in [-0.15, -0.1) is 0 Å². The van der Waals surface area contributed by atoms with Crippen LogP contribution in [0.5, 0.6) is 0 Å². The number of hydrogen-bond acceptors (Lipinski definition) is 4. The molecule has 0 bridgehead atoms. The van der Waals surface area contributed by atoms with Crippen LogP contribution >= 0.6 is 0 Å². The minimum atomic E-state index is -0.359. The number of hydrogen-bond donors (Lipinski definition) is 0. The minimum absolute atomic E-state index is 0.359. The first-order valence-corrected chi connectivity index (χ1v) is 6.68. The predicted octanol–water partition coefficient (Wildman–Crippen LogP) is 2.89. The van der Waals surface area contributed by atoms with E-state index in [2.05, 4.69) is 28.5 Å². The smallest absolute Gasteiger partial charge is 0.330 e. The van der Waals surface area contributed by atoms with Crippen molar-refractivity contribution >= 4 is 17.9 Å². The van der Waals surface area contributed by atoms with Gasteiger partial charge in [-0.2, -0.15) is 0 Å². The van der Waals surface area contributed by atoms with Crippen LogP contribution in [0.1, 0.15) is 32.3 Å². The van der Waals surface area contributed by atoms with Crippen molar-refractivity contribution in [3.8, 4) is 0 Å². The van der Waals surface area contributed by atoms with Gasteiger partial charge in [0.25, 0.3) is 0 Å². The fourth-order valence-corrected chi connectivity index (χ4v) is 1.80. The lowest BCUT2D eigenvalue weighted by Crippen LogP contribution is -2.25. The van der Waals surface area contributed by atoms with Gasteiger partial charge >= 0.3 is 5.97 Å². The van der Waals surface area contributed by atoms with Gasteiger partial charge in [-0.1, -0.05) is 13.8 Å². The number of pyridine rings is 1. The highest BCUT2D eigenvalue weighted by atomic mass is 16.5. The summed E-state index contributed by atoms with van der Waals surface area (Å²) in [5.41, 5.74) is 0.891. The van der Waals surface area contributed by atoms with E-state index in [-0.39, 0.29) is 5.97 Å². The second-order valence-electron chi connectivity index (χ2n) is 4.29. The number of carbonyl (C=O) groups is 1. The molecule has 0 amide bonds. The number of ether oxygens (including phenoxy) is 1. The zero-order valence-corrected chi connectivity index (χ0v) is 11.9. The Kier molecular flexibility index (Phi) is 6.64. The third kappa shape index (κ3) is 5.12. The van der Waals surface area contributed by atoms with Crippen molar-refractivity contribution in [2.75, 3.05) is 25.1 Å². The van der Waals surface area contributed by atoms with Crippen LogP contribution in [0.15, 0.2) is 24.4 Å². The van der Waals surface area contributed by atoms with E-state index in [1.807, 2.05) is 12.1 Å². The van der Waals surface area contributed by atoms with E-state index in [1.54, 1.807) is 12.3 Å². The molecule has 0 aliphatic carbocycles. The Morgan fingerprint density at radius 3 is 2.47 bits per heavy atom. The summed E-state index contributed by atoms with van der Waals surface area (Å²) in [6, 6.07) is 3.95. The summed E-state index contributed by atoms with van der Waals surface area (Å²) >= 11 is 0. The molecule has 0 saturated heterocycles. The summed E-state index contributed by atoms with van der Waals surface area (Å²) in [5, 5.41) is 0. The largest absolute Gasteiger partial charge is 0.466 e. The van der Waals surface area contributed by atoms with Gasteiger partial charge in [0.2, 0.25) is 0 Å². The number of nitrogens with zero attached hydrogens (tertiary/aromatic N) is 2. The van der Waals surface area contributed by atoms with Gasteiger partial charge in [0.05, 0.1) is 7.11 Å². The van der Waals surface area contributed by atoms with Gasteiger partial charge in [0.15, 0.2) is 0 Å². The highest BCUT2D eigenvalue weighted by molar-refractivity contribution is 5.86. The Morgan fingerprint density at radius 1 is 1.32 bits per heavy atom. The maximum Gasteiger partial charge on any atom is 0.330 e. The van der Waals surface area contributed by atoms with E-state index in [0.29, 0.717) is 0 Å². The summed E-state index contributed by atoms with van der Waals surface area (Å²) in [6.07, 6.45) is 7.07. The number of esters is 1. The van der Waals surface area contributed by atoms with Crippen LogP contribution in [0.2, 0.25) is 0 Å². The first-order valence-electron chi connectivity index (χ1n) is 6.68. The third-order valence-electron chi connectivity index (χ3n) is 2.69. The number of methoxy groups -OCH3 is 1. The fraction of sp³-hybridized carbons (Fsp3) is 0.467. The van der Waals surface area contributed by atoms with E-state index in [1.165, 1.54) is 13.2 Å². The average Bonchev–Trinajstić information content (AvgIpc) is 2.45. The van der Waals surface area contributed by atoms with E-state index in [4.69, 9.17) is 0 Å². The lowest BCUT2D eigenvalue weighted by molar-refractivity contribution is -0.134. The maximum absolute atomic E-state index is 11.0. The van der Waals surface area contributed by atoms with Crippen LogP contribution in [-0.2, 0) is 9.53 Å². The van der Waals surface area contributed by atoms with E-state index in [0.717, 1.165) is 37.3 Å². The molecule has 0 radical (unpaired) electrons. The van der Waals surface area contributed by atoms with Crippen molar-refractivity contribution in [3.63, 3.8) is 0 Å². The van der Waals surface area contributed by atoms with Gasteiger partial charge in [0, 0.05) is 25.4 Å². The summed E-state index contributed by atoms with van der Waals surface area (Å²) < 4.78 is 4.54. The van der Waals surface area contributed by atoms with Gasteiger partial charge in [-0.3, -0.25) is 0 Å². The molecule has 0 aromatic carbocycles. The van der Waals surface area contributed by atoms with Crippen LogP contribution in [-0.4, -0.2) is 31.2 Å². The molecule has 0 spiro atoms. The van der Waals surface area contributed by atoms with Gasteiger partial charge < -0.3 is 9.64 Å². The molecule has 4 nitrogen and oxygen atoms in total. The second-order valence-corrected chi connectivity index (χ2v) is 4.29. The normalized spacial score (nSPS) is 10.7. The Bertz CT molecular complexity index is 407. The lowest BCUT2D eigenvalue weighted by atomic mass is 10.2. The topological polar surface area (TPSA) is 42.4 Å². The quantitative estimate of drug-likeness (QED) is 0.560. The van der Waals surface area contributed by atoms with Crippen molar-refractivity contribution < 1.29 is 9.53 Å². The Labute approximate surface area is 115 Å². The molecular weight excluding hydrogens is 240 g/mol. The van der Waals surface area contributed by atoms with Crippen molar-refractivity contribution in [1.82, 2.24) is 4.98 Å². The third-order valence-corrected chi connectivity index (χ3v) is 2.69. The molecule has 0 atom stereocenters. The molecule has 0 saturated carbocycles. The summed E-state index contributed by atoms with van der Waals surface area (Å²) in [5.74, 6) is 0.626. The predicted molar refractivity (Wildman–Crippen MR) is 78.1 cm³/mol. The summed E-state index contributed by atoms with van der Waals surface area (Å²) in [4.78, 5) is 17.7. The Hall–Kier alpha value is -1.84. The maximum atomic E-state index is 11.0. The molecule has 1 rings (SSSR count). The number of anilines is 1. The zero-order valence-electron chi connectivity index (χ0n) is 11.9. The van der Waals surface area contributed by atoms with Crippen LogP contribution < -0.4 is 4.90 Å². The van der Waals surface area contributed by atoms with E-state index >= 15 is 0 Å². The number of carbonyl (C=O) groups excluding carboxylic acids is 1. The van der Waals surface area contributed by atoms with Crippen LogP contribution in [0.3, 0.4) is 0 Å². The van der Waals surface area contributed by atoms with Gasteiger partial charge in [-0.05, 0) is 36.6 Å². The summed E-state index contributed by atoms with van der Waals surface area (Å²) in [7, 11) is 1.36. The lowest BCUT2D eigenvalue weighted by Gasteiger charge is -2.22. The first kappa shape index (κ1) is 15.2. The van der Waals surface area contributed by atoms with E-state index < -0.39 is 0 Å². The first-order chi connectivity index (χ1) is 9.21. The molecule has 104 valence electrons. The average molecular weight is 262 g/mol. The van der Waals surface area contributed by atoms with Crippen LogP contribution in [0, 0.1) is 0 Å². The molecule has 0 unspecified atom stereocenters. The summed E-state index contributed by atoms with van der Waals surface area (Å²) in [6.45, 7) is 6.35. The minimum Gasteiger partial charge on any atom is -0.466 e. The highest BCUT2D eigenvalue weighted by Crippen LogP contribution is 2.13. The van der Waals surface area contributed by atoms with Crippen molar-refractivity contribution in [2.45, 2.75) is 26.7 Å². The Balaban J connectivity index is 2.73. The van der Waals surface area contributed by atoms with Gasteiger partial charge in [-0.25, -0.2) is 9.78 Å². The molecule has 1 aromatic rings.